The van der Waals surface area contributed by atoms with Gasteiger partial charge in [-0.3, -0.25) is 4.79 Å². The Hall–Kier alpha value is -1.70. The van der Waals surface area contributed by atoms with Crippen molar-refractivity contribution < 1.29 is 5.11 Å². The van der Waals surface area contributed by atoms with E-state index in [0.717, 1.165) is 0 Å². The van der Waals surface area contributed by atoms with E-state index < -0.39 is 5.56 Å². The van der Waals surface area contributed by atoms with Crippen LogP contribution in [0, 0.1) is 0 Å². The SMILES string of the molecule is O=c1[nH]c(-c2cn[nH]n2)nc(O)c1Br. The molecule has 2 heterocycles. The van der Waals surface area contributed by atoms with Gasteiger partial charge in [0.1, 0.15) is 10.2 Å². The normalized spacial score (nSPS) is 10.4. The number of rotatable bonds is 1. The fourth-order valence-electron chi connectivity index (χ4n) is 0.884. The highest BCUT2D eigenvalue weighted by molar-refractivity contribution is 9.10. The van der Waals surface area contributed by atoms with E-state index >= 15 is 0 Å². The molecule has 0 radical (unpaired) electrons. The third-order valence-electron chi connectivity index (χ3n) is 1.50. The summed E-state index contributed by atoms with van der Waals surface area (Å²) in [6.07, 6.45) is 1.38. The first-order valence-electron chi connectivity index (χ1n) is 3.53. The molecule has 2 aromatic rings. The van der Waals surface area contributed by atoms with Gasteiger partial charge in [0.15, 0.2) is 5.82 Å². The first kappa shape index (κ1) is 8.88. The van der Waals surface area contributed by atoms with Gasteiger partial charge in [-0.2, -0.15) is 20.4 Å². The van der Waals surface area contributed by atoms with Crippen molar-refractivity contribution in [3.8, 4) is 17.4 Å². The van der Waals surface area contributed by atoms with Crippen LogP contribution in [0.5, 0.6) is 5.88 Å². The number of aromatic hydroxyl groups is 1. The van der Waals surface area contributed by atoms with Gasteiger partial charge in [-0.25, -0.2) is 0 Å². The van der Waals surface area contributed by atoms with Gasteiger partial charge in [-0.05, 0) is 15.9 Å². The maximum absolute atomic E-state index is 11.2. The van der Waals surface area contributed by atoms with E-state index in [0.29, 0.717) is 5.69 Å². The molecule has 0 fully saturated rings. The predicted octanol–water partition coefficient (Wildman–Crippen LogP) is 0.0231. The van der Waals surface area contributed by atoms with E-state index in [4.69, 9.17) is 0 Å². The van der Waals surface area contributed by atoms with Crippen LogP contribution < -0.4 is 5.56 Å². The molecule has 3 N–H and O–H groups in total. The lowest BCUT2D eigenvalue weighted by Crippen LogP contribution is -2.09. The Morgan fingerprint density at radius 2 is 2.29 bits per heavy atom. The van der Waals surface area contributed by atoms with Crippen LogP contribution in [0.3, 0.4) is 0 Å². The van der Waals surface area contributed by atoms with Crippen LogP contribution in [0.15, 0.2) is 15.5 Å². The van der Waals surface area contributed by atoms with E-state index in [1.165, 1.54) is 6.20 Å². The van der Waals surface area contributed by atoms with E-state index in [1.807, 2.05) is 0 Å². The van der Waals surface area contributed by atoms with Crippen LogP contribution in [0.2, 0.25) is 0 Å². The molecule has 0 saturated carbocycles. The van der Waals surface area contributed by atoms with Crippen molar-refractivity contribution in [2.75, 3.05) is 0 Å². The first-order valence-corrected chi connectivity index (χ1v) is 4.32. The zero-order valence-electron chi connectivity index (χ0n) is 6.65. The van der Waals surface area contributed by atoms with Crippen molar-refractivity contribution in [3.05, 3.63) is 21.0 Å². The Kier molecular flexibility index (Phi) is 2.04. The summed E-state index contributed by atoms with van der Waals surface area (Å²) in [6, 6.07) is 0. The molecule has 0 aliphatic carbocycles. The molecule has 2 aromatic heterocycles. The molecular formula is C6H4BrN5O2. The fourth-order valence-corrected chi connectivity index (χ4v) is 1.07. The van der Waals surface area contributed by atoms with Gasteiger partial charge in [0.25, 0.3) is 5.56 Å². The molecule has 0 unspecified atom stereocenters. The molecular weight excluding hydrogens is 254 g/mol. The van der Waals surface area contributed by atoms with Crippen LogP contribution in [0.25, 0.3) is 11.5 Å². The highest BCUT2D eigenvalue weighted by Crippen LogP contribution is 2.18. The average molecular weight is 258 g/mol. The number of hydrogen-bond acceptors (Lipinski definition) is 5. The molecule has 0 saturated heterocycles. The number of nitrogens with zero attached hydrogens (tertiary/aromatic N) is 3. The van der Waals surface area contributed by atoms with Gasteiger partial charge >= 0.3 is 0 Å². The quantitative estimate of drug-likeness (QED) is 0.668. The van der Waals surface area contributed by atoms with Crippen molar-refractivity contribution in [2.45, 2.75) is 0 Å². The van der Waals surface area contributed by atoms with Crippen LogP contribution in [-0.4, -0.2) is 30.5 Å². The summed E-state index contributed by atoms with van der Waals surface area (Å²) < 4.78 is -0.00950. The Morgan fingerprint density at radius 3 is 2.86 bits per heavy atom. The van der Waals surface area contributed by atoms with Gasteiger partial charge in [0, 0.05) is 0 Å². The van der Waals surface area contributed by atoms with Crippen LogP contribution in [0.4, 0.5) is 0 Å². The predicted molar refractivity (Wildman–Crippen MR) is 49.6 cm³/mol. The second kappa shape index (κ2) is 3.22. The summed E-state index contributed by atoms with van der Waals surface area (Å²) in [7, 11) is 0. The van der Waals surface area contributed by atoms with E-state index in [2.05, 4.69) is 41.3 Å². The molecule has 72 valence electrons. The molecule has 0 atom stereocenters. The summed E-state index contributed by atoms with van der Waals surface area (Å²) in [5.74, 6) is -0.226. The Labute approximate surface area is 85.3 Å². The lowest BCUT2D eigenvalue weighted by atomic mass is 10.4. The molecule has 14 heavy (non-hydrogen) atoms. The highest BCUT2D eigenvalue weighted by atomic mass is 79.9. The molecule has 0 spiro atoms. The minimum atomic E-state index is -0.476. The lowest BCUT2D eigenvalue weighted by Gasteiger charge is -1.97. The highest BCUT2D eigenvalue weighted by Gasteiger charge is 2.10. The molecule has 2 rings (SSSR count). The molecule has 0 aliphatic heterocycles. The maximum atomic E-state index is 11.2. The standard InChI is InChI=1S/C6H4BrN5O2/c7-3-5(13)9-4(10-6(3)14)2-1-8-12-11-2/h1H,(H,8,11,12)(H2,9,10,13,14). The van der Waals surface area contributed by atoms with Crippen molar-refractivity contribution >= 4 is 15.9 Å². The Morgan fingerprint density at radius 1 is 1.50 bits per heavy atom. The number of aromatic amines is 2. The van der Waals surface area contributed by atoms with E-state index in [-0.39, 0.29) is 16.2 Å². The van der Waals surface area contributed by atoms with Crippen molar-refractivity contribution in [2.24, 2.45) is 0 Å². The van der Waals surface area contributed by atoms with E-state index in [9.17, 15) is 9.90 Å². The van der Waals surface area contributed by atoms with Gasteiger partial charge in [-0.15, -0.1) is 0 Å². The molecule has 0 amide bonds. The molecule has 7 nitrogen and oxygen atoms in total. The summed E-state index contributed by atoms with van der Waals surface area (Å²) in [4.78, 5) is 17.3. The summed E-state index contributed by atoms with van der Waals surface area (Å²) in [5, 5.41) is 18.9. The van der Waals surface area contributed by atoms with Crippen LogP contribution in [0.1, 0.15) is 0 Å². The molecule has 0 aliphatic rings. The van der Waals surface area contributed by atoms with Gasteiger partial charge in [0.2, 0.25) is 5.88 Å². The summed E-state index contributed by atoms with van der Waals surface area (Å²) in [6.45, 7) is 0. The van der Waals surface area contributed by atoms with Crippen LogP contribution in [-0.2, 0) is 0 Å². The van der Waals surface area contributed by atoms with Gasteiger partial charge in [-0.1, -0.05) is 0 Å². The third kappa shape index (κ3) is 1.39. The summed E-state index contributed by atoms with van der Waals surface area (Å²) in [5.41, 5.74) is -0.125. The topological polar surface area (TPSA) is 108 Å². The second-order valence-electron chi connectivity index (χ2n) is 2.41. The number of aromatic nitrogens is 5. The number of halogens is 1. The van der Waals surface area contributed by atoms with Crippen molar-refractivity contribution in [1.82, 2.24) is 25.4 Å². The number of H-pyrrole nitrogens is 2. The van der Waals surface area contributed by atoms with Gasteiger partial charge < -0.3 is 10.1 Å². The smallest absolute Gasteiger partial charge is 0.269 e. The van der Waals surface area contributed by atoms with E-state index in [1.54, 1.807) is 0 Å². The van der Waals surface area contributed by atoms with Crippen molar-refractivity contribution in [1.29, 1.82) is 0 Å². The monoisotopic (exact) mass is 257 g/mol. The number of nitrogens with one attached hydrogen (secondary N) is 2. The lowest BCUT2D eigenvalue weighted by molar-refractivity contribution is 0.448. The molecule has 0 bridgehead atoms. The minimum absolute atomic E-state index is 0.00950. The Balaban J connectivity index is 2.63. The zero-order chi connectivity index (χ0) is 10.1. The number of hydrogen-bond donors (Lipinski definition) is 3. The van der Waals surface area contributed by atoms with Crippen LogP contribution >= 0.6 is 15.9 Å². The fraction of sp³-hybridized carbons (Fsp3) is 0. The Bertz CT molecular complexity index is 505. The summed E-state index contributed by atoms with van der Waals surface area (Å²) >= 11 is 2.88. The first-order chi connectivity index (χ1) is 6.68. The zero-order valence-corrected chi connectivity index (χ0v) is 8.24. The molecule has 8 heteroatoms. The minimum Gasteiger partial charge on any atom is -0.492 e. The van der Waals surface area contributed by atoms with Gasteiger partial charge in [0.05, 0.1) is 6.20 Å². The molecule has 0 aromatic carbocycles. The average Bonchev–Trinajstić information content (AvgIpc) is 2.66. The third-order valence-corrected chi connectivity index (χ3v) is 2.22. The largest absolute Gasteiger partial charge is 0.492 e. The van der Waals surface area contributed by atoms with Crippen molar-refractivity contribution in [3.63, 3.8) is 0 Å². The second-order valence-corrected chi connectivity index (χ2v) is 3.20. The maximum Gasteiger partial charge on any atom is 0.269 e.